The number of hydrogen-bond donors (Lipinski definition) is 1. The van der Waals surface area contributed by atoms with Gasteiger partial charge in [-0.2, -0.15) is 0 Å². The number of piperidine rings is 1. The summed E-state index contributed by atoms with van der Waals surface area (Å²) in [5.41, 5.74) is 6.50. The van der Waals surface area contributed by atoms with Gasteiger partial charge in [0.1, 0.15) is 5.75 Å². The molecule has 2 N–H and O–H groups in total. The summed E-state index contributed by atoms with van der Waals surface area (Å²) in [6.07, 6.45) is 1.95. The lowest BCUT2D eigenvalue weighted by atomic mass is 10.0. The molecule has 1 aromatic carbocycles. The summed E-state index contributed by atoms with van der Waals surface area (Å²) in [5.74, 6) is 0.586. The lowest BCUT2D eigenvalue weighted by Gasteiger charge is -2.31. The lowest BCUT2D eigenvalue weighted by Crippen LogP contribution is -2.45. The first-order valence-corrected chi connectivity index (χ1v) is 6.79. The smallest absolute Gasteiger partial charge is 0.257 e. The minimum atomic E-state index is -0.00509. The SMILES string of the molecule is COc1cc(Br)ccc1C(=O)N1CCC[C@H](N)C1. The molecular weight excluding hydrogens is 296 g/mol. The Balaban J connectivity index is 2.22. The van der Waals surface area contributed by atoms with E-state index in [0.29, 0.717) is 17.9 Å². The molecule has 1 fully saturated rings. The molecule has 0 aromatic heterocycles. The van der Waals surface area contributed by atoms with Crippen LogP contribution >= 0.6 is 15.9 Å². The van der Waals surface area contributed by atoms with Crippen LogP contribution in [0.5, 0.6) is 5.75 Å². The van der Waals surface area contributed by atoms with Crippen molar-refractivity contribution in [3.05, 3.63) is 28.2 Å². The molecule has 18 heavy (non-hydrogen) atoms. The van der Waals surface area contributed by atoms with Crippen molar-refractivity contribution in [2.24, 2.45) is 5.73 Å². The number of methoxy groups -OCH3 is 1. The first-order chi connectivity index (χ1) is 8.61. The Kier molecular flexibility index (Phi) is 4.24. The number of nitrogens with zero attached hydrogens (tertiary/aromatic N) is 1. The molecule has 1 aliphatic rings. The number of amides is 1. The van der Waals surface area contributed by atoms with Crippen molar-refractivity contribution in [2.75, 3.05) is 20.2 Å². The fourth-order valence-corrected chi connectivity index (χ4v) is 2.55. The Bertz CT molecular complexity index is 451. The molecule has 1 amide bonds. The zero-order chi connectivity index (χ0) is 13.1. The average molecular weight is 313 g/mol. The number of rotatable bonds is 2. The lowest BCUT2D eigenvalue weighted by molar-refractivity contribution is 0.0705. The Morgan fingerprint density at radius 1 is 1.56 bits per heavy atom. The third-order valence-corrected chi connectivity index (χ3v) is 3.63. The van der Waals surface area contributed by atoms with E-state index in [1.54, 1.807) is 24.1 Å². The fourth-order valence-electron chi connectivity index (χ4n) is 2.21. The molecule has 0 radical (unpaired) electrons. The van der Waals surface area contributed by atoms with E-state index in [1.165, 1.54) is 0 Å². The van der Waals surface area contributed by atoms with Crippen LogP contribution < -0.4 is 10.5 Å². The first-order valence-electron chi connectivity index (χ1n) is 6.00. The quantitative estimate of drug-likeness (QED) is 0.909. The minimum Gasteiger partial charge on any atom is -0.496 e. The highest BCUT2D eigenvalue weighted by Crippen LogP contribution is 2.25. The van der Waals surface area contributed by atoms with Crippen LogP contribution in [-0.4, -0.2) is 37.0 Å². The van der Waals surface area contributed by atoms with Crippen LogP contribution in [0.2, 0.25) is 0 Å². The van der Waals surface area contributed by atoms with Crippen LogP contribution in [0.3, 0.4) is 0 Å². The number of benzene rings is 1. The van der Waals surface area contributed by atoms with Crippen molar-refractivity contribution in [2.45, 2.75) is 18.9 Å². The number of carbonyl (C=O) groups is 1. The largest absolute Gasteiger partial charge is 0.496 e. The number of carbonyl (C=O) groups excluding carboxylic acids is 1. The van der Waals surface area contributed by atoms with E-state index in [2.05, 4.69) is 15.9 Å². The third kappa shape index (κ3) is 2.84. The molecule has 1 atom stereocenters. The fraction of sp³-hybridized carbons (Fsp3) is 0.462. The zero-order valence-electron chi connectivity index (χ0n) is 10.4. The van der Waals surface area contributed by atoms with Crippen LogP contribution in [0.25, 0.3) is 0 Å². The summed E-state index contributed by atoms with van der Waals surface area (Å²) in [7, 11) is 1.57. The molecule has 0 bridgehead atoms. The predicted octanol–water partition coefficient (Wildman–Crippen LogP) is 2.02. The molecule has 0 spiro atoms. The van der Waals surface area contributed by atoms with Gasteiger partial charge in [-0.3, -0.25) is 4.79 Å². The summed E-state index contributed by atoms with van der Waals surface area (Å²) in [4.78, 5) is 14.2. The topological polar surface area (TPSA) is 55.6 Å². The molecular formula is C13H17BrN2O2. The first kappa shape index (κ1) is 13.4. The van der Waals surface area contributed by atoms with Crippen molar-refractivity contribution in [3.8, 4) is 5.75 Å². The summed E-state index contributed by atoms with van der Waals surface area (Å²) in [6, 6.07) is 5.52. The van der Waals surface area contributed by atoms with Gasteiger partial charge in [-0.1, -0.05) is 15.9 Å². The van der Waals surface area contributed by atoms with Gasteiger partial charge in [-0.15, -0.1) is 0 Å². The predicted molar refractivity (Wildman–Crippen MR) is 73.8 cm³/mol. The Hall–Kier alpha value is -1.07. The number of hydrogen-bond acceptors (Lipinski definition) is 3. The van der Waals surface area contributed by atoms with Gasteiger partial charge in [-0.25, -0.2) is 0 Å². The van der Waals surface area contributed by atoms with Gasteiger partial charge >= 0.3 is 0 Å². The van der Waals surface area contributed by atoms with E-state index in [4.69, 9.17) is 10.5 Å². The van der Waals surface area contributed by atoms with Crippen molar-refractivity contribution >= 4 is 21.8 Å². The van der Waals surface area contributed by atoms with Crippen molar-refractivity contribution < 1.29 is 9.53 Å². The maximum absolute atomic E-state index is 12.4. The van der Waals surface area contributed by atoms with Gasteiger partial charge in [0.15, 0.2) is 0 Å². The second-order valence-corrected chi connectivity index (χ2v) is 5.41. The molecule has 0 aliphatic carbocycles. The molecule has 1 saturated heterocycles. The van der Waals surface area contributed by atoms with Gasteiger partial charge in [0.2, 0.25) is 0 Å². The molecule has 2 rings (SSSR count). The Morgan fingerprint density at radius 3 is 3.00 bits per heavy atom. The highest BCUT2D eigenvalue weighted by Gasteiger charge is 2.24. The number of likely N-dealkylation sites (tertiary alicyclic amines) is 1. The van der Waals surface area contributed by atoms with E-state index in [0.717, 1.165) is 23.9 Å². The molecule has 1 aromatic rings. The van der Waals surface area contributed by atoms with E-state index >= 15 is 0 Å². The van der Waals surface area contributed by atoms with Gasteiger partial charge in [0.05, 0.1) is 12.7 Å². The molecule has 5 heteroatoms. The van der Waals surface area contributed by atoms with E-state index < -0.39 is 0 Å². The van der Waals surface area contributed by atoms with Crippen LogP contribution in [-0.2, 0) is 0 Å². The second kappa shape index (κ2) is 5.71. The van der Waals surface area contributed by atoms with Gasteiger partial charge < -0.3 is 15.4 Å². The van der Waals surface area contributed by atoms with E-state index in [1.807, 2.05) is 6.07 Å². The zero-order valence-corrected chi connectivity index (χ0v) is 11.9. The maximum atomic E-state index is 12.4. The number of nitrogens with two attached hydrogens (primary N) is 1. The third-order valence-electron chi connectivity index (χ3n) is 3.14. The van der Waals surface area contributed by atoms with Gasteiger partial charge in [0, 0.05) is 23.6 Å². The monoisotopic (exact) mass is 312 g/mol. The highest BCUT2D eigenvalue weighted by atomic mass is 79.9. The highest BCUT2D eigenvalue weighted by molar-refractivity contribution is 9.10. The van der Waals surface area contributed by atoms with E-state index in [-0.39, 0.29) is 11.9 Å². The van der Waals surface area contributed by atoms with Gasteiger partial charge in [-0.05, 0) is 31.0 Å². The van der Waals surface area contributed by atoms with Crippen molar-refractivity contribution in [3.63, 3.8) is 0 Å². The normalized spacial score (nSPS) is 19.7. The van der Waals surface area contributed by atoms with Crippen molar-refractivity contribution in [1.29, 1.82) is 0 Å². The van der Waals surface area contributed by atoms with Crippen molar-refractivity contribution in [1.82, 2.24) is 4.90 Å². The Labute approximate surface area is 115 Å². The summed E-state index contributed by atoms with van der Waals surface area (Å²) in [5, 5.41) is 0. The maximum Gasteiger partial charge on any atom is 0.257 e. The van der Waals surface area contributed by atoms with Crippen LogP contribution in [0, 0.1) is 0 Å². The summed E-state index contributed by atoms with van der Waals surface area (Å²) >= 11 is 3.37. The standard InChI is InChI=1S/C13H17BrN2O2/c1-18-12-7-9(14)4-5-11(12)13(17)16-6-2-3-10(15)8-16/h4-5,7,10H,2-3,6,8,15H2,1H3/t10-/m0/s1. The summed E-state index contributed by atoms with van der Waals surface area (Å²) < 4.78 is 6.15. The molecule has 1 heterocycles. The van der Waals surface area contributed by atoms with Gasteiger partial charge in [0.25, 0.3) is 5.91 Å². The van der Waals surface area contributed by atoms with Crippen LogP contribution in [0.1, 0.15) is 23.2 Å². The molecule has 0 unspecified atom stereocenters. The summed E-state index contributed by atoms with van der Waals surface area (Å²) in [6.45, 7) is 1.39. The molecule has 4 nitrogen and oxygen atoms in total. The number of ether oxygens (including phenoxy) is 1. The van der Waals surface area contributed by atoms with Crippen LogP contribution in [0.15, 0.2) is 22.7 Å². The van der Waals surface area contributed by atoms with Crippen LogP contribution in [0.4, 0.5) is 0 Å². The molecule has 98 valence electrons. The molecule has 1 aliphatic heterocycles. The second-order valence-electron chi connectivity index (χ2n) is 4.50. The average Bonchev–Trinajstić information content (AvgIpc) is 2.37. The van der Waals surface area contributed by atoms with E-state index in [9.17, 15) is 4.79 Å². The molecule has 0 saturated carbocycles. The minimum absolute atomic E-state index is 0.00509. The number of halogens is 1. The Morgan fingerprint density at radius 2 is 2.33 bits per heavy atom.